The minimum Gasteiger partial charge on any atom is -0.487 e. The molecule has 0 spiro atoms. The second kappa shape index (κ2) is 12.9. The number of anilines is 3. The summed E-state index contributed by atoms with van der Waals surface area (Å²) < 4.78 is 32.1. The number of H-pyrrole nitrogens is 1. The van der Waals surface area contributed by atoms with Gasteiger partial charge in [0.1, 0.15) is 0 Å². The number of nitrogens with zero attached hydrogens (tertiary/aromatic N) is 5. The van der Waals surface area contributed by atoms with E-state index in [1.165, 1.54) is 11.8 Å². The molecule has 0 bridgehead atoms. The number of aromatic nitrogens is 4. The standard InChI is InChI=1S/C29H35N7O3S2/c1-4-35-15-17-36(18-16-35)28-26(39-5-2)27(30-25-19-21(3)33-34-25)31-29(32-28)40-23-11-13-24(14-12-23)41(37,38)20-22-9-7-6-8-10-22/h6-14,19H,4-5,15-18,20H2,1-3H3,(H2,30,31,32,33,34). The Morgan fingerprint density at radius 3 is 2.37 bits per heavy atom. The quantitative estimate of drug-likeness (QED) is 0.232. The molecule has 2 aromatic carbocycles. The van der Waals surface area contributed by atoms with E-state index in [0.29, 0.717) is 29.1 Å². The van der Waals surface area contributed by atoms with E-state index < -0.39 is 9.84 Å². The number of aromatic amines is 1. The van der Waals surface area contributed by atoms with Gasteiger partial charge in [0.25, 0.3) is 0 Å². The number of benzene rings is 2. The predicted molar refractivity (Wildman–Crippen MR) is 162 cm³/mol. The summed E-state index contributed by atoms with van der Waals surface area (Å²) in [5.41, 5.74) is 1.68. The van der Waals surface area contributed by atoms with Crippen molar-refractivity contribution in [3.05, 3.63) is 71.9 Å². The van der Waals surface area contributed by atoms with Crippen molar-refractivity contribution in [1.82, 2.24) is 25.1 Å². The molecule has 216 valence electrons. The topological polar surface area (TPSA) is 116 Å². The van der Waals surface area contributed by atoms with E-state index in [4.69, 9.17) is 14.7 Å². The Hall–Kier alpha value is -3.61. The monoisotopic (exact) mass is 593 g/mol. The molecule has 1 fully saturated rings. The highest BCUT2D eigenvalue weighted by Gasteiger charge is 2.25. The van der Waals surface area contributed by atoms with Crippen molar-refractivity contribution in [1.29, 1.82) is 0 Å². The summed E-state index contributed by atoms with van der Waals surface area (Å²) in [6.45, 7) is 11.1. The fourth-order valence-electron chi connectivity index (χ4n) is 4.62. The van der Waals surface area contributed by atoms with E-state index in [1.807, 2.05) is 50.2 Å². The van der Waals surface area contributed by atoms with Gasteiger partial charge in [0, 0.05) is 42.8 Å². The van der Waals surface area contributed by atoms with E-state index in [2.05, 4.69) is 32.2 Å². The first-order valence-corrected chi connectivity index (χ1v) is 16.2. The van der Waals surface area contributed by atoms with Crippen LogP contribution in [0.15, 0.2) is 75.6 Å². The van der Waals surface area contributed by atoms with Crippen LogP contribution >= 0.6 is 11.8 Å². The Kier molecular flexibility index (Phi) is 9.11. The molecular weight excluding hydrogens is 558 g/mol. The van der Waals surface area contributed by atoms with Crippen molar-refractivity contribution in [2.75, 3.05) is 49.5 Å². The van der Waals surface area contributed by atoms with Crippen molar-refractivity contribution in [3.63, 3.8) is 0 Å². The first-order valence-electron chi connectivity index (χ1n) is 13.7. The third-order valence-electron chi connectivity index (χ3n) is 6.78. The maximum atomic E-state index is 13.0. The van der Waals surface area contributed by atoms with Crippen LogP contribution < -0.4 is 15.0 Å². The molecule has 5 rings (SSSR count). The maximum absolute atomic E-state index is 13.0. The molecule has 0 unspecified atom stereocenters. The molecule has 0 amide bonds. The molecule has 10 nitrogen and oxygen atoms in total. The molecule has 12 heteroatoms. The molecule has 2 N–H and O–H groups in total. The molecule has 0 saturated carbocycles. The van der Waals surface area contributed by atoms with Crippen LogP contribution in [-0.4, -0.2) is 72.8 Å². The van der Waals surface area contributed by atoms with Crippen molar-refractivity contribution in [2.45, 2.75) is 41.5 Å². The van der Waals surface area contributed by atoms with E-state index >= 15 is 0 Å². The Labute approximate surface area is 245 Å². The number of sulfone groups is 1. The minimum atomic E-state index is -3.47. The number of piperazine rings is 1. The number of ether oxygens (including phenoxy) is 1. The summed E-state index contributed by atoms with van der Waals surface area (Å²) in [6.07, 6.45) is 0. The van der Waals surface area contributed by atoms with Crippen molar-refractivity contribution in [2.24, 2.45) is 0 Å². The lowest BCUT2D eigenvalue weighted by Gasteiger charge is -2.35. The van der Waals surface area contributed by atoms with Gasteiger partial charge in [0.15, 0.2) is 32.4 Å². The maximum Gasteiger partial charge on any atom is 0.205 e. The number of hydrogen-bond donors (Lipinski definition) is 2. The van der Waals surface area contributed by atoms with Crippen molar-refractivity contribution in [3.8, 4) is 5.75 Å². The molecule has 1 aliphatic rings. The number of aryl methyl sites for hydroxylation is 1. The minimum absolute atomic E-state index is 0.0430. The van der Waals surface area contributed by atoms with Gasteiger partial charge in [-0.15, -0.1) is 0 Å². The summed E-state index contributed by atoms with van der Waals surface area (Å²) in [4.78, 5) is 15.5. The molecule has 0 radical (unpaired) electrons. The zero-order chi connectivity index (χ0) is 28.8. The van der Waals surface area contributed by atoms with Gasteiger partial charge in [-0.3, -0.25) is 5.10 Å². The van der Waals surface area contributed by atoms with Gasteiger partial charge in [0.05, 0.1) is 17.3 Å². The fourth-order valence-corrected chi connectivity index (χ4v) is 6.72. The molecule has 1 saturated heterocycles. The van der Waals surface area contributed by atoms with Gasteiger partial charge in [-0.25, -0.2) is 18.4 Å². The van der Waals surface area contributed by atoms with Gasteiger partial charge >= 0.3 is 0 Å². The van der Waals surface area contributed by atoms with E-state index in [-0.39, 0.29) is 10.6 Å². The zero-order valence-electron chi connectivity index (χ0n) is 23.5. The van der Waals surface area contributed by atoms with Gasteiger partial charge in [0.2, 0.25) is 5.75 Å². The second-order valence-electron chi connectivity index (χ2n) is 9.74. The van der Waals surface area contributed by atoms with Crippen LogP contribution in [0.5, 0.6) is 5.75 Å². The Bertz CT molecular complexity index is 1550. The number of hydrogen-bond acceptors (Lipinski definition) is 10. The lowest BCUT2D eigenvalue weighted by molar-refractivity contribution is 0.268. The van der Waals surface area contributed by atoms with Crippen LogP contribution in [0.3, 0.4) is 0 Å². The second-order valence-corrected chi connectivity index (χ2v) is 12.8. The number of rotatable bonds is 11. The summed E-state index contributed by atoms with van der Waals surface area (Å²) in [5, 5.41) is 11.1. The summed E-state index contributed by atoms with van der Waals surface area (Å²) in [5.74, 6) is 2.44. The SMILES string of the molecule is CCOc1c(Nc2cc(C)[nH]n2)nc(Sc2ccc(S(=O)(=O)Cc3ccccc3)cc2)nc1N1CCN(CC)CC1. The Balaban J connectivity index is 1.44. The van der Waals surface area contributed by atoms with Crippen molar-refractivity contribution < 1.29 is 13.2 Å². The van der Waals surface area contributed by atoms with Crippen LogP contribution in [0, 0.1) is 6.92 Å². The van der Waals surface area contributed by atoms with Gasteiger partial charge in [-0.05, 0) is 62.0 Å². The molecule has 0 atom stereocenters. The third kappa shape index (κ3) is 7.19. The van der Waals surface area contributed by atoms with E-state index in [9.17, 15) is 8.42 Å². The average molecular weight is 594 g/mol. The largest absolute Gasteiger partial charge is 0.487 e. The van der Waals surface area contributed by atoms with Gasteiger partial charge < -0.3 is 19.9 Å². The molecular formula is C29H35N7O3S2. The third-order valence-corrected chi connectivity index (χ3v) is 9.36. The highest BCUT2D eigenvalue weighted by molar-refractivity contribution is 7.99. The fraction of sp³-hybridized carbons (Fsp3) is 0.345. The highest BCUT2D eigenvalue weighted by atomic mass is 32.2. The number of nitrogens with one attached hydrogen (secondary N) is 2. The average Bonchev–Trinajstić information content (AvgIpc) is 3.39. The molecule has 4 aromatic rings. The van der Waals surface area contributed by atoms with Crippen LogP contribution in [0.2, 0.25) is 0 Å². The van der Waals surface area contributed by atoms with Crippen LogP contribution in [-0.2, 0) is 15.6 Å². The first kappa shape index (κ1) is 28.9. The molecule has 1 aliphatic heterocycles. The molecule has 3 heterocycles. The molecule has 0 aliphatic carbocycles. The van der Waals surface area contributed by atoms with Gasteiger partial charge in [-0.2, -0.15) is 5.10 Å². The summed E-state index contributed by atoms with van der Waals surface area (Å²) in [6, 6.07) is 18.0. The summed E-state index contributed by atoms with van der Waals surface area (Å²) in [7, 11) is -3.47. The number of likely N-dealkylation sites (N-methyl/N-ethyl adjacent to an activating group) is 1. The normalized spacial score (nSPS) is 14.3. The summed E-state index contributed by atoms with van der Waals surface area (Å²) >= 11 is 1.37. The lowest BCUT2D eigenvalue weighted by Crippen LogP contribution is -2.46. The predicted octanol–water partition coefficient (Wildman–Crippen LogP) is 4.92. The first-order chi connectivity index (χ1) is 19.8. The van der Waals surface area contributed by atoms with Crippen LogP contribution in [0.1, 0.15) is 25.1 Å². The van der Waals surface area contributed by atoms with E-state index in [0.717, 1.165) is 54.7 Å². The Morgan fingerprint density at radius 2 is 1.73 bits per heavy atom. The van der Waals surface area contributed by atoms with Crippen LogP contribution in [0.4, 0.5) is 17.5 Å². The Morgan fingerprint density at radius 1 is 1.00 bits per heavy atom. The van der Waals surface area contributed by atoms with Crippen LogP contribution in [0.25, 0.3) is 0 Å². The highest BCUT2D eigenvalue weighted by Crippen LogP contribution is 2.39. The lowest BCUT2D eigenvalue weighted by atomic mass is 10.2. The van der Waals surface area contributed by atoms with Gasteiger partial charge in [-0.1, -0.05) is 37.3 Å². The van der Waals surface area contributed by atoms with Crippen molar-refractivity contribution >= 4 is 39.1 Å². The smallest absolute Gasteiger partial charge is 0.205 e. The zero-order valence-corrected chi connectivity index (χ0v) is 25.1. The molecule has 41 heavy (non-hydrogen) atoms. The van der Waals surface area contributed by atoms with E-state index in [1.54, 1.807) is 24.3 Å². The molecule has 2 aromatic heterocycles.